The number of aromatic nitrogens is 2. The van der Waals surface area contributed by atoms with Gasteiger partial charge in [-0.15, -0.1) is 0 Å². The van der Waals surface area contributed by atoms with Gasteiger partial charge < -0.3 is 4.79 Å². The summed E-state index contributed by atoms with van der Waals surface area (Å²) in [5.74, 6) is 0. The second kappa shape index (κ2) is 4.18. The summed E-state index contributed by atoms with van der Waals surface area (Å²) in [6.07, 6.45) is 0.513. The van der Waals surface area contributed by atoms with Crippen LogP contribution in [0.1, 0.15) is 0 Å². The fourth-order valence-electron chi connectivity index (χ4n) is 1.72. The van der Waals surface area contributed by atoms with Crippen LogP contribution in [0, 0.1) is 0 Å². The van der Waals surface area contributed by atoms with E-state index < -0.39 is 11.2 Å². The molecule has 88 valence electrons. The molecule has 2 rings (SSSR count). The molecule has 5 nitrogen and oxygen atoms in total. The van der Waals surface area contributed by atoms with Gasteiger partial charge in [0.1, 0.15) is 6.29 Å². The number of rotatable bonds is 2. The zero-order chi connectivity index (χ0) is 12.6. The molecule has 2 aromatic rings. The number of nitrogens with zero attached hydrogens (tertiary/aromatic N) is 2. The van der Waals surface area contributed by atoms with Gasteiger partial charge in [-0.3, -0.25) is 13.9 Å². The number of fused-ring (bicyclic) bond motifs is 1. The Kier molecular flexibility index (Phi) is 2.85. The predicted molar refractivity (Wildman–Crippen MR) is 64.5 cm³/mol. The van der Waals surface area contributed by atoms with Gasteiger partial charge in [0.25, 0.3) is 5.56 Å². The van der Waals surface area contributed by atoms with Gasteiger partial charge in [0, 0.05) is 12.1 Å². The molecule has 0 aliphatic rings. The summed E-state index contributed by atoms with van der Waals surface area (Å²) >= 11 is 5.81. The molecule has 1 aromatic heterocycles. The molecule has 17 heavy (non-hydrogen) atoms. The number of benzene rings is 1. The molecule has 0 fully saturated rings. The Morgan fingerprint density at radius 2 is 2.06 bits per heavy atom. The van der Waals surface area contributed by atoms with E-state index in [2.05, 4.69) is 0 Å². The van der Waals surface area contributed by atoms with Gasteiger partial charge in [-0.2, -0.15) is 0 Å². The molecule has 0 saturated heterocycles. The second-order valence-corrected chi connectivity index (χ2v) is 4.02. The van der Waals surface area contributed by atoms with Crippen LogP contribution in [0.3, 0.4) is 0 Å². The molecule has 0 saturated carbocycles. The van der Waals surface area contributed by atoms with Crippen molar-refractivity contribution < 1.29 is 4.79 Å². The van der Waals surface area contributed by atoms with E-state index in [0.717, 1.165) is 4.57 Å². The third-order valence-electron chi connectivity index (χ3n) is 2.57. The van der Waals surface area contributed by atoms with E-state index in [9.17, 15) is 14.4 Å². The van der Waals surface area contributed by atoms with Crippen molar-refractivity contribution in [3.63, 3.8) is 0 Å². The first-order chi connectivity index (χ1) is 8.06. The van der Waals surface area contributed by atoms with Gasteiger partial charge in [0.2, 0.25) is 0 Å². The van der Waals surface area contributed by atoms with Gasteiger partial charge in [0.05, 0.1) is 17.4 Å². The Hall–Kier alpha value is -1.88. The van der Waals surface area contributed by atoms with Crippen LogP contribution in [0.2, 0.25) is 5.02 Å². The summed E-state index contributed by atoms with van der Waals surface area (Å²) in [5, 5.41) is 0.729. The van der Waals surface area contributed by atoms with E-state index >= 15 is 0 Å². The van der Waals surface area contributed by atoms with Crippen LogP contribution in [-0.4, -0.2) is 15.4 Å². The molecule has 0 unspecified atom stereocenters. The smallest absolute Gasteiger partial charge is 0.301 e. The minimum Gasteiger partial charge on any atom is -0.301 e. The zero-order valence-corrected chi connectivity index (χ0v) is 9.77. The minimum atomic E-state index is -0.517. The quantitative estimate of drug-likeness (QED) is 0.734. The van der Waals surface area contributed by atoms with Crippen LogP contribution in [0.15, 0.2) is 27.8 Å². The largest absolute Gasteiger partial charge is 0.331 e. The molecule has 0 aliphatic carbocycles. The number of aryl methyl sites for hydroxylation is 1. The first kappa shape index (κ1) is 11.6. The van der Waals surface area contributed by atoms with Crippen molar-refractivity contribution >= 4 is 28.8 Å². The Bertz CT molecular complexity index is 715. The Morgan fingerprint density at radius 1 is 1.35 bits per heavy atom. The molecular weight excluding hydrogens is 244 g/mol. The zero-order valence-electron chi connectivity index (χ0n) is 9.01. The average molecular weight is 253 g/mol. The number of carbonyl (C=O) groups excluding carboxylic acids is 1. The normalized spacial score (nSPS) is 10.7. The van der Waals surface area contributed by atoms with Gasteiger partial charge in [0.15, 0.2) is 0 Å². The summed E-state index contributed by atoms with van der Waals surface area (Å²) in [4.78, 5) is 34.2. The van der Waals surface area contributed by atoms with E-state index in [4.69, 9.17) is 11.6 Å². The van der Waals surface area contributed by atoms with E-state index in [1.54, 1.807) is 19.2 Å². The summed E-state index contributed by atoms with van der Waals surface area (Å²) in [7, 11) is 1.54. The van der Waals surface area contributed by atoms with Crippen LogP contribution in [0.5, 0.6) is 0 Å². The summed E-state index contributed by atoms with van der Waals surface area (Å²) in [6.45, 7) is -0.256. The third kappa shape index (κ3) is 1.78. The lowest BCUT2D eigenvalue weighted by Gasteiger charge is -2.08. The van der Waals surface area contributed by atoms with Crippen molar-refractivity contribution in [1.82, 2.24) is 9.13 Å². The molecule has 0 amide bonds. The Labute approximate surface area is 101 Å². The molecule has 0 bridgehead atoms. The molecule has 1 aromatic carbocycles. The number of halogens is 1. The minimum absolute atomic E-state index is 0.256. The predicted octanol–water partition coefficient (Wildman–Crippen LogP) is 0.552. The highest BCUT2D eigenvalue weighted by molar-refractivity contribution is 6.31. The highest BCUT2D eigenvalue weighted by Gasteiger charge is 2.10. The van der Waals surface area contributed by atoms with Crippen LogP contribution in [0.4, 0.5) is 0 Å². The average Bonchev–Trinajstić information content (AvgIpc) is 2.32. The van der Waals surface area contributed by atoms with Crippen molar-refractivity contribution in [3.8, 4) is 0 Å². The molecule has 0 spiro atoms. The first-order valence-electron chi connectivity index (χ1n) is 4.89. The highest BCUT2D eigenvalue weighted by Crippen LogP contribution is 2.14. The highest BCUT2D eigenvalue weighted by atomic mass is 35.5. The molecule has 0 N–H and O–H groups in total. The van der Waals surface area contributed by atoms with E-state index in [0.29, 0.717) is 22.2 Å². The Balaban J connectivity index is 3.01. The van der Waals surface area contributed by atoms with Crippen molar-refractivity contribution in [1.29, 1.82) is 0 Å². The topological polar surface area (TPSA) is 61.1 Å². The molecule has 1 heterocycles. The number of aldehydes is 1. The maximum absolute atomic E-state index is 12.0. The summed E-state index contributed by atoms with van der Waals surface area (Å²) in [5.41, 5.74) is -0.527. The van der Waals surface area contributed by atoms with Crippen molar-refractivity contribution in [3.05, 3.63) is 44.1 Å². The standard InChI is InChI=1S/C11H9ClN2O3/c1-13-9-3-2-7(12)6-8(9)10(16)14(4-5-15)11(13)17/h2-3,5-6H,4H2,1H3. The fraction of sp³-hybridized carbons (Fsp3) is 0.182. The Morgan fingerprint density at radius 3 is 2.71 bits per heavy atom. The first-order valence-corrected chi connectivity index (χ1v) is 5.27. The van der Waals surface area contributed by atoms with E-state index in [1.807, 2.05) is 0 Å². The molecule has 0 atom stereocenters. The van der Waals surface area contributed by atoms with E-state index in [-0.39, 0.29) is 6.54 Å². The van der Waals surface area contributed by atoms with Gasteiger partial charge in [-0.05, 0) is 18.2 Å². The number of hydrogen-bond acceptors (Lipinski definition) is 3. The molecule has 0 radical (unpaired) electrons. The third-order valence-corrected chi connectivity index (χ3v) is 2.81. The second-order valence-electron chi connectivity index (χ2n) is 3.59. The summed E-state index contributed by atoms with van der Waals surface area (Å²) < 4.78 is 2.20. The maximum Gasteiger partial charge on any atom is 0.331 e. The lowest BCUT2D eigenvalue weighted by molar-refractivity contribution is -0.108. The monoisotopic (exact) mass is 252 g/mol. The van der Waals surface area contributed by atoms with Gasteiger partial charge in [-0.1, -0.05) is 11.6 Å². The fourth-order valence-corrected chi connectivity index (χ4v) is 1.90. The SMILES string of the molecule is Cn1c(=O)n(CC=O)c(=O)c2cc(Cl)ccc21. The maximum atomic E-state index is 12.0. The number of hydrogen-bond donors (Lipinski definition) is 0. The van der Waals surface area contributed by atoms with Crippen molar-refractivity contribution in [2.24, 2.45) is 7.05 Å². The summed E-state index contributed by atoms with van der Waals surface area (Å²) in [6, 6.07) is 4.69. The molecule has 6 heteroatoms. The van der Waals surface area contributed by atoms with Gasteiger partial charge >= 0.3 is 5.69 Å². The lowest BCUT2D eigenvalue weighted by atomic mass is 10.2. The van der Waals surface area contributed by atoms with Crippen LogP contribution in [0.25, 0.3) is 10.9 Å². The van der Waals surface area contributed by atoms with Crippen molar-refractivity contribution in [2.45, 2.75) is 6.54 Å². The van der Waals surface area contributed by atoms with Crippen LogP contribution < -0.4 is 11.2 Å². The molecule has 0 aliphatic heterocycles. The number of carbonyl (C=O) groups is 1. The van der Waals surface area contributed by atoms with E-state index in [1.165, 1.54) is 10.6 Å². The van der Waals surface area contributed by atoms with Crippen molar-refractivity contribution in [2.75, 3.05) is 0 Å². The van der Waals surface area contributed by atoms with Crippen LogP contribution in [-0.2, 0) is 18.4 Å². The lowest BCUT2D eigenvalue weighted by Crippen LogP contribution is -2.39. The molecular formula is C11H9ClN2O3. The van der Waals surface area contributed by atoms with Gasteiger partial charge in [-0.25, -0.2) is 4.79 Å². The van der Waals surface area contributed by atoms with Crippen LogP contribution >= 0.6 is 11.6 Å².